The van der Waals surface area contributed by atoms with Gasteiger partial charge in [0.1, 0.15) is 11.6 Å². The van der Waals surface area contributed by atoms with Crippen molar-refractivity contribution in [2.45, 2.75) is 18.9 Å². The average molecular weight is 450 g/mol. The molecule has 1 aromatic carbocycles. The average Bonchev–Trinajstić information content (AvgIpc) is 3.38. The molecule has 1 fully saturated rings. The van der Waals surface area contributed by atoms with Crippen molar-refractivity contribution in [1.82, 2.24) is 14.9 Å². The van der Waals surface area contributed by atoms with Crippen molar-refractivity contribution in [2.75, 3.05) is 37.9 Å². The van der Waals surface area contributed by atoms with E-state index in [-0.39, 0.29) is 23.7 Å². The van der Waals surface area contributed by atoms with Crippen molar-refractivity contribution in [3.63, 3.8) is 0 Å². The first kappa shape index (κ1) is 22.1. The molecule has 3 heterocycles. The number of amides is 1. The summed E-state index contributed by atoms with van der Waals surface area (Å²) in [5, 5.41) is 0. The van der Waals surface area contributed by atoms with Crippen LogP contribution in [0, 0.1) is 0 Å². The molecule has 10 heteroatoms. The molecule has 0 saturated carbocycles. The van der Waals surface area contributed by atoms with Gasteiger partial charge in [-0.1, -0.05) is 0 Å². The predicted octanol–water partition coefficient (Wildman–Crippen LogP) is 2.44. The Hall–Kier alpha value is -4.08. The van der Waals surface area contributed by atoms with E-state index in [4.69, 9.17) is 20.6 Å². The molecular formula is C23H27N7O3. The minimum Gasteiger partial charge on any atom is -0.497 e. The number of hydrogen-bond acceptors (Lipinski definition) is 8. The number of piperidine rings is 1. The first-order chi connectivity index (χ1) is 15.9. The van der Waals surface area contributed by atoms with Crippen molar-refractivity contribution < 1.29 is 13.9 Å². The van der Waals surface area contributed by atoms with Gasteiger partial charge >= 0.3 is 0 Å². The predicted molar refractivity (Wildman–Crippen MR) is 126 cm³/mol. The molecule has 2 aromatic heterocycles. The number of likely N-dealkylation sites (tertiary alicyclic amines) is 1. The number of benzene rings is 1. The largest absolute Gasteiger partial charge is 0.497 e. The molecule has 0 radical (unpaired) electrons. The van der Waals surface area contributed by atoms with Crippen LogP contribution in [0.25, 0.3) is 0 Å². The number of nitrogens with zero attached hydrogens (tertiary/aromatic N) is 5. The molecule has 1 saturated heterocycles. The van der Waals surface area contributed by atoms with E-state index in [2.05, 4.69) is 19.9 Å². The second kappa shape index (κ2) is 9.60. The second-order valence-electron chi connectivity index (χ2n) is 7.78. The molecular weight excluding hydrogens is 422 g/mol. The second-order valence-corrected chi connectivity index (χ2v) is 7.78. The fraction of sp³-hybridized carbons (Fsp3) is 0.304. The van der Waals surface area contributed by atoms with Crippen LogP contribution in [-0.4, -0.2) is 59.9 Å². The molecule has 1 aliphatic rings. The summed E-state index contributed by atoms with van der Waals surface area (Å²) in [7, 11) is 3.56. The fourth-order valence-corrected chi connectivity index (χ4v) is 3.84. The monoisotopic (exact) mass is 449 g/mol. The van der Waals surface area contributed by atoms with Gasteiger partial charge in [0.05, 0.1) is 13.4 Å². The maximum Gasteiger partial charge on any atom is 0.253 e. The van der Waals surface area contributed by atoms with E-state index < -0.39 is 0 Å². The zero-order valence-corrected chi connectivity index (χ0v) is 18.6. The number of amidine groups is 1. The van der Waals surface area contributed by atoms with Crippen molar-refractivity contribution >= 4 is 29.3 Å². The first-order valence-electron chi connectivity index (χ1n) is 10.6. The van der Waals surface area contributed by atoms with E-state index in [1.165, 1.54) is 6.26 Å². The number of aromatic nitrogens is 2. The third kappa shape index (κ3) is 5.05. The van der Waals surface area contributed by atoms with Gasteiger partial charge in [-0.05, 0) is 49.2 Å². The molecule has 1 amide bonds. The standard InChI is InChI=1S/C23H27N7O3/c1-29(20-14-19(27-23(25)28-20)26-21(24)18-4-3-13-33-18)16-9-11-30(12-10-16)22(31)15-5-7-17(32-2)8-6-15/h3-8,13-14,16H,9-12H2,1-2H3,(H4,24,25,26,27,28). The first-order valence-corrected chi connectivity index (χ1v) is 10.6. The number of carbonyl (C=O) groups excluding carboxylic acids is 1. The molecule has 0 unspecified atom stereocenters. The van der Waals surface area contributed by atoms with Gasteiger partial charge in [0.2, 0.25) is 5.95 Å². The Bertz CT molecular complexity index is 1120. The summed E-state index contributed by atoms with van der Waals surface area (Å²) in [5.41, 5.74) is 12.6. The summed E-state index contributed by atoms with van der Waals surface area (Å²) in [4.78, 5) is 29.6. The number of nitrogen functional groups attached to an aromatic ring is 1. The van der Waals surface area contributed by atoms with Gasteiger partial charge in [0.25, 0.3) is 5.91 Å². The van der Waals surface area contributed by atoms with Crippen LogP contribution in [0.5, 0.6) is 5.75 Å². The molecule has 0 aliphatic carbocycles. The molecule has 10 nitrogen and oxygen atoms in total. The number of aliphatic imine (C=N–C) groups is 1. The van der Waals surface area contributed by atoms with Crippen LogP contribution in [-0.2, 0) is 0 Å². The van der Waals surface area contributed by atoms with Crippen molar-refractivity contribution in [2.24, 2.45) is 10.7 Å². The Balaban J connectivity index is 1.42. The highest BCUT2D eigenvalue weighted by Gasteiger charge is 2.27. The summed E-state index contributed by atoms with van der Waals surface area (Å²) in [6, 6.07) is 12.6. The Morgan fingerprint density at radius 3 is 2.58 bits per heavy atom. The highest BCUT2D eigenvalue weighted by atomic mass is 16.5. The Morgan fingerprint density at radius 1 is 1.21 bits per heavy atom. The van der Waals surface area contributed by atoms with Crippen LogP contribution in [0.3, 0.4) is 0 Å². The fourth-order valence-electron chi connectivity index (χ4n) is 3.84. The third-order valence-corrected chi connectivity index (χ3v) is 5.72. The maximum absolute atomic E-state index is 12.8. The minimum absolute atomic E-state index is 0.0232. The highest BCUT2D eigenvalue weighted by molar-refractivity contribution is 5.96. The number of nitrogens with two attached hydrogens (primary N) is 2. The number of hydrogen-bond donors (Lipinski definition) is 2. The lowest BCUT2D eigenvalue weighted by Gasteiger charge is -2.37. The van der Waals surface area contributed by atoms with Gasteiger partial charge in [-0.2, -0.15) is 9.97 Å². The van der Waals surface area contributed by atoms with Gasteiger partial charge in [0.15, 0.2) is 17.4 Å². The Kier molecular flexibility index (Phi) is 6.43. The van der Waals surface area contributed by atoms with Crippen LogP contribution in [0.2, 0.25) is 0 Å². The van der Waals surface area contributed by atoms with Gasteiger partial charge in [0, 0.05) is 37.8 Å². The van der Waals surface area contributed by atoms with Gasteiger partial charge in [-0.3, -0.25) is 4.79 Å². The number of anilines is 2. The van der Waals surface area contributed by atoms with Crippen molar-refractivity contribution in [1.29, 1.82) is 0 Å². The summed E-state index contributed by atoms with van der Waals surface area (Å²) in [5.74, 6) is 2.52. The smallest absolute Gasteiger partial charge is 0.253 e. The van der Waals surface area contributed by atoms with Crippen LogP contribution < -0.4 is 21.1 Å². The third-order valence-electron chi connectivity index (χ3n) is 5.72. The minimum atomic E-state index is 0.0232. The lowest BCUT2D eigenvalue weighted by atomic mass is 10.0. The Labute approximate surface area is 191 Å². The summed E-state index contributed by atoms with van der Waals surface area (Å²) in [6.45, 7) is 1.30. The van der Waals surface area contributed by atoms with Gasteiger partial charge < -0.3 is 30.4 Å². The zero-order valence-electron chi connectivity index (χ0n) is 18.6. The topological polar surface area (TPSA) is 136 Å². The van der Waals surface area contributed by atoms with Crippen molar-refractivity contribution in [3.8, 4) is 5.75 Å². The molecule has 4 rings (SSSR count). The number of methoxy groups -OCH3 is 1. The molecule has 3 aromatic rings. The van der Waals surface area contributed by atoms with Crippen LogP contribution >= 0.6 is 0 Å². The van der Waals surface area contributed by atoms with E-state index in [1.807, 2.05) is 11.9 Å². The van der Waals surface area contributed by atoms with E-state index in [0.29, 0.717) is 36.0 Å². The maximum atomic E-state index is 12.8. The lowest BCUT2D eigenvalue weighted by molar-refractivity contribution is 0.0713. The molecule has 0 bridgehead atoms. The summed E-state index contributed by atoms with van der Waals surface area (Å²) >= 11 is 0. The molecule has 0 atom stereocenters. The van der Waals surface area contributed by atoms with Gasteiger partial charge in [-0.25, -0.2) is 4.99 Å². The van der Waals surface area contributed by atoms with Crippen LogP contribution in [0.1, 0.15) is 29.0 Å². The molecule has 0 spiro atoms. The zero-order chi connectivity index (χ0) is 23.4. The van der Waals surface area contributed by atoms with E-state index in [1.54, 1.807) is 49.6 Å². The quantitative estimate of drug-likeness (QED) is 0.433. The lowest BCUT2D eigenvalue weighted by Crippen LogP contribution is -2.45. The van der Waals surface area contributed by atoms with Crippen molar-refractivity contribution in [3.05, 3.63) is 60.1 Å². The van der Waals surface area contributed by atoms with Gasteiger partial charge in [-0.15, -0.1) is 0 Å². The highest BCUT2D eigenvalue weighted by Crippen LogP contribution is 2.25. The van der Waals surface area contributed by atoms with Crippen LogP contribution in [0.15, 0.2) is 58.1 Å². The molecule has 4 N–H and O–H groups in total. The molecule has 1 aliphatic heterocycles. The van der Waals surface area contributed by atoms with E-state index >= 15 is 0 Å². The normalized spacial score (nSPS) is 14.8. The van der Waals surface area contributed by atoms with Crippen LogP contribution in [0.4, 0.5) is 17.6 Å². The number of furan rings is 1. The number of rotatable bonds is 6. The van der Waals surface area contributed by atoms with E-state index in [0.717, 1.165) is 18.6 Å². The summed E-state index contributed by atoms with van der Waals surface area (Å²) < 4.78 is 10.4. The number of carbonyl (C=O) groups is 1. The SMILES string of the molecule is COc1ccc(C(=O)N2CCC(N(C)c3cc(/N=C(\N)c4ccco4)nc(N)n3)CC2)cc1. The van der Waals surface area contributed by atoms with E-state index in [9.17, 15) is 4.79 Å². The molecule has 33 heavy (non-hydrogen) atoms. The molecule has 172 valence electrons. The summed E-state index contributed by atoms with van der Waals surface area (Å²) in [6.07, 6.45) is 3.13. The number of ether oxygens (including phenoxy) is 1. The Morgan fingerprint density at radius 2 is 1.94 bits per heavy atom.